The molecule has 0 aromatic carbocycles. The molecule has 2 fully saturated rings. The third-order valence-corrected chi connectivity index (χ3v) is 4.98. The normalized spacial score (nSPS) is 24.0. The number of likely N-dealkylation sites (tertiary alicyclic amines) is 1. The van der Waals surface area contributed by atoms with Crippen molar-refractivity contribution in [2.45, 2.75) is 57.5 Å². The summed E-state index contributed by atoms with van der Waals surface area (Å²) in [6.07, 6.45) is 2.97. The first-order chi connectivity index (χ1) is 10.4. The van der Waals surface area contributed by atoms with Gasteiger partial charge in [0.1, 0.15) is 5.82 Å². The van der Waals surface area contributed by atoms with Crippen LogP contribution in [0.2, 0.25) is 0 Å². The minimum Gasteiger partial charge on any atom is -0.381 e. The average Bonchev–Trinajstić information content (AvgIpc) is 2.87. The monoisotopic (exact) mass is 324 g/mol. The van der Waals surface area contributed by atoms with Crippen LogP contribution in [0.15, 0.2) is 0 Å². The Hall–Kier alpha value is -1.05. The Morgan fingerprint density at radius 2 is 2.05 bits per heavy atom. The highest BCUT2D eigenvalue weighted by Crippen LogP contribution is 2.28. The van der Waals surface area contributed by atoms with Crippen LogP contribution in [0.1, 0.15) is 45.9 Å². The van der Waals surface area contributed by atoms with E-state index in [9.17, 15) is 4.79 Å². The van der Waals surface area contributed by atoms with Gasteiger partial charge in [-0.15, -0.1) is 0 Å². The molecule has 2 aliphatic rings. The lowest BCUT2D eigenvalue weighted by Gasteiger charge is -2.46. The molecule has 7 heteroatoms. The summed E-state index contributed by atoms with van der Waals surface area (Å²) in [5.41, 5.74) is -0.0932. The molecule has 6 nitrogen and oxygen atoms in total. The van der Waals surface area contributed by atoms with Gasteiger partial charge in [0.05, 0.1) is 6.04 Å². The number of anilines is 1. The number of amides is 1. The number of ether oxygens (including phenoxy) is 1. The van der Waals surface area contributed by atoms with Gasteiger partial charge >= 0.3 is 0 Å². The second-order valence-electron chi connectivity index (χ2n) is 7.05. The van der Waals surface area contributed by atoms with Gasteiger partial charge in [-0.1, -0.05) is 20.8 Å². The van der Waals surface area contributed by atoms with E-state index >= 15 is 0 Å². The molecule has 1 amide bonds. The van der Waals surface area contributed by atoms with Crippen LogP contribution in [-0.4, -0.2) is 52.0 Å². The summed E-state index contributed by atoms with van der Waals surface area (Å²) in [4.78, 5) is 19.2. The van der Waals surface area contributed by atoms with E-state index in [0.29, 0.717) is 11.2 Å². The van der Waals surface area contributed by atoms with Crippen LogP contribution in [0.3, 0.4) is 0 Å². The van der Waals surface area contributed by atoms with Gasteiger partial charge in [-0.3, -0.25) is 15.0 Å². The van der Waals surface area contributed by atoms with E-state index in [1.165, 1.54) is 11.5 Å². The minimum atomic E-state index is -0.0932. The molecule has 122 valence electrons. The zero-order valence-corrected chi connectivity index (χ0v) is 14.3. The van der Waals surface area contributed by atoms with E-state index in [2.05, 4.69) is 40.3 Å². The van der Waals surface area contributed by atoms with Crippen LogP contribution in [0.4, 0.5) is 5.13 Å². The number of aromatic nitrogens is 2. The van der Waals surface area contributed by atoms with Crippen molar-refractivity contribution in [1.82, 2.24) is 14.3 Å². The van der Waals surface area contributed by atoms with Gasteiger partial charge in [0.2, 0.25) is 11.0 Å². The largest absolute Gasteiger partial charge is 0.381 e. The highest BCUT2D eigenvalue weighted by atomic mass is 32.1. The molecular weight excluding hydrogens is 300 g/mol. The van der Waals surface area contributed by atoms with Gasteiger partial charge in [0, 0.05) is 42.7 Å². The van der Waals surface area contributed by atoms with Crippen LogP contribution in [0.25, 0.3) is 0 Å². The number of carbonyl (C=O) groups excluding carboxylic acids is 1. The van der Waals surface area contributed by atoms with Crippen molar-refractivity contribution < 1.29 is 9.53 Å². The fourth-order valence-corrected chi connectivity index (χ4v) is 3.67. The Morgan fingerprint density at radius 3 is 2.59 bits per heavy atom. The summed E-state index contributed by atoms with van der Waals surface area (Å²) in [7, 11) is 0. The molecule has 2 aliphatic heterocycles. The maximum Gasteiger partial charge on any atom is 0.243 e. The van der Waals surface area contributed by atoms with Crippen molar-refractivity contribution in [3.8, 4) is 0 Å². The highest BCUT2D eigenvalue weighted by molar-refractivity contribution is 7.09. The van der Waals surface area contributed by atoms with Crippen molar-refractivity contribution in [3.63, 3.8) is 0 Å². The first-order valence-corrected chi connectivity index (χ1v) is 8.71. The highest BCUT2D eigenvalue weighted by Gasteiger charge is 2.39. The zero-order chi connectivity index (χ0) is 15.7. The molecule has 1 atom stereocenters. The van der Waals surface area contributed by atoms with Crippen molar-refractivity contribution in [1.29, 1.82) is 0 Å². The van der Waals surface area contributed by atoms with E-state index < -0.39 is 0 Å². The maximum atomic E-state index is 12.5. The Balaban J connectivity index is 1.58. The van der Waals surface area contributed by atoms with Crippen LogP contribution in [0.5, 0.6) is 0 Å². The Labute approximate surface area is 135 Å². The smallest absolute Gasteiger partial charge is 0.243 e. The van der Waals surface area contributed by atoms with Crippen LogP contribution >= 0.6 is 11.5 Å². The van der Waals surface area contributed by atoms with Crippen molar-refractivity contribution in [2.24, 2.45) is 0 Å². The summed E-state index contributed by atoms with van der Waals surface area (Å²) in [6.45, 7) is 8.83. The van der Waals surface area contributed by atoms with E-state index in [1.807, 2.05) is 0 Å². The lowest BCUT2D eigenvalue weighted by molar-refractivity contribution is -0.129. The van der Waals surface area contributed by atoms with Crippen molar-refractivity contribution >= 4 is 22.6 Å². The third-order valence-electron chi connectivity index (χ3n) is 4.35. The van der Waals surface area contributed by atoms with Crippen molar-refractivity contribution in [2.75, 3.05) is 25.1 Å². The second-order valence-corrected chi connectivity index (χ2v) is 7.80. The first kappa shape index (κ1) is 15.8. The molecule has 1 N–H and O–H groups in total. The molecule has 22 heavy (non-hydrogen) atoms. The standard InChI is InChI=1S/C15H24N4O2S/c1-15(2,3)13-17-14(22-18-13)16-12(20)11-4-7-19(11)10-5-8-21-9-6-10/h10-11H,4-9H2,1-3H3,(H,16,17,18,20). The molecule has 1 aromatic rings. The number of carbonyl (C=O) groups is 1. The van der Waals surface area contributed by atoms with Gasteiger partial charge < -0.3 is 4.74 Å². The van der Waals surface area contributed by atoms with Crippen LogP contribution in [-0.2, 0) is 14.9 Å². The SMILES string of the molecule is CC(C)(C)c1nsc(NC(=O)C2CCN2C2CCOCC2)n1. The predicted molar refractivity (Wildman–Crippen MR) is 86.2 cm³/mol. The van der Waals surface area contributed by atoms with Gasteiger partial charge in [-0.2, -0.15) is 4.37 Å². The molecule has 3 rings (SSSR count). The molecule has 0 radical (unpaired) electrons. The fraction of sp³-hybridized carbons (Fsp3) is 0.800. The fourth-order valence-electron chi connectivity index (χ4n) is 2.91. The molecule has 0 bridgehead atoms. The van der Waals surface area contributed by atoms with E-state index in [1.54, 1.807) is 0 Å². The van der Waals surface area contributed by atoms with E-state index in [0.717, 1.165) is 44.8 Å². The van der Waals surface area contributed by atoms with Crippen LogP contribution < -0.4 is 5.32 Å². The summed E-state index contributed by atoms with van der Waals surface area (Å²) in [5, 5.41) is 3.54. The van der Waals surface area contributed by atoms with E-state index in [-0.39, 0.29) is 17.4 Å². The molecule has 1 aromatic heterocycles. The van der Waals surface area contributed by atoms with Crippen molar-refractivity contribution in [3.05, 3.63) is 5.82 Å². The quantitative estimate of drug-likeness (QED) is 0.921. The number of rotatable bonds is 3. The molecule has 0 spiro atoms. The zero-order valence-electron chi connectivity index (χ0n) is 13.5. The average molecular weight is 324 g/mol. The number of hydrogen-bond acceptors (Lipinski definition) is 6. The number of nitrogens with zero attached hydrogens (tertiary/aromatic N) is 3. The summed E-state index contributed by atoms with van der Waals surface area (Å²) in [5.74, 6) is 0.831. The van der Waals surface area contributed by atoms with E-state index in [4.69, 9.17) is 4.74 Å². The third kappa shape index (κ3) is 3.31. The second kappa shape index (κ2) is 6.22. The minimum absolute atomic E-state index is 0.0231. The number of hydrogen-bond donors (Lipinski definition) is 1. The Morgan fingerprint density at radius 1 is 1.32 bits per heavy atom. The molecule has 1 unspecified atom stereocenters. The Kier molecular flexibility index (Phi) is 4.47. The summed E-state index contributed by atoms with van der Waals surface area (Å²) >= 11 is 1.26. The Bertz CT molecular complexity index is 534. The molecule has 0 aliphatic carbocycles. The predicted octanol–water partition coefficient (Wildman–Crippen LogP) is 2.03. The summed E-state index contributed by atoms with van der Waals surface area (Å²) in [6, 6.07) is 0.461. The molecule has 3 heterocycles. The molecule has 0 saturated carbocycles. The lowest BCUT2D eigenvalue weighted by Crippen LogP contribution is -2.59. The maximum absolute atomic E-state index is 12.5. The van der Waals surface area contributed by atoms with Gasteiger partial charge in [0.25, 0.3) is 0 Å². The summed E-state index contributed by atoms with van der Waals surface area (Å²) < 4.78 is 9.74. The molecule has 2 saturated heterocycles. The lowest BCUT2D eigenvalue weighted by atomic mass is 9.95. The van der Waals surface area contributed by atoms with Gasteiger partial charge in [0.15, 0.2) is 0 Å². The topological polar surface area (TPSA) is 67.4 Å². The number of nitrogens with one attached hydrogen (secondary N) is 1. The molecular formula is C15H24N4O2S. The first-order valence-electron chi connectivity index (χ1n) is 7.94. The van der Waals surface area contributed by atoms with Gasteiger partial charge in [-0.05, 0) is 19.3 Å². The van der Waals surface area contributed by atoms with Gasteiger partial charge in [-0.25, -0.2) is 4.98 Å². The van der Waals surface area contributed by atoms with Crippen LogP contribution in [0, 0.1) is 0 Å².